The fraction of sp³-hybridized carbons (Fsp3) is 0.143. The van der Waals surface area contributed by atoms with Gasteiger partial charge in [-0.1, -0.05) is 42.5 Å². The van der Waals surface area contributed by atoms with Crippen molar-refractivity contribution in [2.45, 2.75) is 13.2 Å². The molecule has 17 heavy (non-hydrogen) atoms. The van der Waals surface area contributed by atoms with Gasteiger partial charge in [-0.2, -0.15) is 5.48 Å². The Balaban J connectivity index is 1.73. The number of hydroxylamine groups is 1. The summed E-state index contributed by atoms with van der Waals surface area (Å²) >= 11 is 2.31. The Morgan fingerprint density at radius 1 is 0.941 bits per heavy atom. The van der Waals surface area contributed by atoms with E-state index in [2.05, 4.69) is 52.3 Å². The average Bonchev–Trinajstić information content (AvgIpc) is 2.36. The second kappa shape index (κ2) is 6.74. The van der Waals surface area contributed by atoms with E-state index in [1.807, 2.05) is 30.3 Å². The van der Waals surface area contributed by atoms with Crippen LogP contribution in [-0.2, 0) is 18.0 Å². The average molecular weight is 339 g/mol. The second-order valence-corrected chi connectivity index (χ2v) is 4.97. The van der Waals surface area contributed by atoms with Crippen molar-refractivity contribution >= 4 is 22.6 Å². The van der Waals surface area contributed by atoms with Crippen molar-refractivity contribution in [3.8, 4) is 0 Å². The molecule has 0 heterocycles. The smallest absolute Gasteiger partial charge is 0.0933 e. The van der Waals surface area contributed by atoms with Crippen molar-refractivity contribution in [3.05, 3.63) is 69.3 Å². The lowest BCUT2D eigenvalue weighted by atomic mass is 10.2. The summed E-state index contributed by atoms with van der Waals surface area (Å²) in [7, 11) is 0. The highest BCUT2D eigenvalue weighted by molar-refractivity contribution is 14.1. The predicted octanol–water partition coefficient (Wildman–Crippen LogP) is 3.51. The van der Waals surface area contributed by atoms with Crippen LogP contribution < -0.4 is 5.48 Å². The molecular weight excluding hydrogens is 325 g/mol. The van der Waals surface area contributed by atoms with Crippen LogP contribution in [0.1, 0.15) is 11.1 Å². The minimum atomic E-state index is 0.588. The van der Waals surface area contributed by atoms with Crippen LogP contribution in [0.25, 0.3) is 0 Å². The summed E-state index contributed by atoms with van der Waals surface area (Å²) in [6.45, 7) is 1.31. The number of benzene rings is 2. The zero-order chi connectivity index (χ0) is 11.9. The lowest BCUT2D eigenvalue weighted by molar-refractivity contribution is 0.0235. The summed E-state index contributed by atoms with van der Waals surface area (Å²) in [4.78, 5) is 5.41. The lowest BCUT2D eigenvalue weighted by Gasteiger charge is -2.06. The first-order valence-electron chi connectivity index (χ1n) is 5.47. The van der Waals surface area contributed by atoms with Crippen LogP contribution in [-0.4, -0.2) is 0 Å². The fourth-order valence-electron chi connectivity index (χ4n) is 1.49. The van der Waals surface area contributed by atoms with E-state index >= 15 is 0 Å². The third-order valence-electron chi connectivity index (χ3n) is 2.35. The molecule has 0 atom stereocenters. The van der Waals surface area contributed by atoms with Crippen LogP contribution in [0.2, 0.25) is 0 Å². The van der Waals surface area contributed by atoms with Gasteiger partial charge in [-0.25, -0.2) is 0 Å². The van der Waals surface area contributed by atoms with E-state index in [4.69, 9.17) is 4.84 Å². The molecule has 2 nitrogen and oxygen atoms in total. The van der Waals surface area contributed by atoms with Crippen molar-refractivity contribution in [1.29, 1.82) is 0 Å². The minimum absolute atomic E-state index is 0.588. The molecule has 0 unspecified atom stereocenters. The van der Waals surface area contributed by atoms with E-state index in [1.54, 1.807) is 0 Å². The van der Waals surface area contributed by atoms with Gasteiger partial charge in [0.1, 0.15) is 0 Å². The molecular formula is C14H14INO. The molecule has 0 spiro atoms. The van der Waals surface area contributed by atoms with Gasteiger partial charge in [0.05, 0.1) is 6.61 Å². The maximum absolute atomic E-state index is 5.41. The van der Waals surface area contributed by atoms with E-state index < -0.39 is 0 Å². The Morgan fingerprint density at radius 2 is 1.71 bits per heavy atom. The van der Waals surface area contributed by atoms with Crippen molar-refractivity contribution in [2.24, 2.45) is 0 Å². The molecule has 1 N–H and O–H groups in total. The zero-order valence-corrected chi connectivity index (χ0v) is 11.6. The molecule has 0 amide bonds. The van der Waals surface area contributed by atoms with Crippen LogP contribution in [0.15, 0.2) is 54.6 Å². The zero-order valence-electron chi connectivity index (χ0n) is 9.40. The molecule has 0 saturated carbocycles. The first kappa shape index (κ1) is 12.5. The van der Waals surface area contributed by atoms with Crippen molar-refractivity contribution in [2.75, 3.05) is 0 Å². The Bertz CT molecular complexity index is 459. The van der Waals surface area contributed by atoms with Gasteiger partial charge in [-0.3, -0.25) is 4.84 Å². The topological polar surface area (TPSA) is 21.3 Å². The molecule has 2 aromatic carbocycles. The molecule has 0 radical (unpaired) electrons. The summed E-state index contributed by atoms with van der Waals surface area (Å²) in [5.74, 6) is 0. The Kier molecular flexibility index (Phi) is 4.97. The highest BCUT2D eigenvalue weighted by Gasteiger charge is 1.94. The maximum atomic E-state index is 5.41. The summed E-state index contributed by atoms with van der Waals surface area (Å²) in [6.07, 6.45) is 0. The van der Waals surface area contributed by atoms with Gasteiger partial charge in [0.15, 0.2) is 0 Å². The van der Waals surface area contributed by atoms with Crippen molar-refractivity contribution < 1.29 is 4.84 Å². The molecule has 88 valence electrons. The van der Waals surface area contributed by atoms with Gasteiger partial charge in [0.2, 0.25) is 0 Å². The van der Waals surface area contributed by atoms with Gasteiger partial charge in [-0.15, -0.1) is 0 Å². The van der Waals surface area contributed by atoms with Crippen LogP contribution in [0, 0.1) is 3.57 Å². The molecule has 0 bridgehead atoms. The molecule has 2 rings (SSSR count). The molecule has 0 aliphatic carbocycles. The van der Waals surface area contributed by atoms with E-state index in [0.717, 1.165) is 6.54 Å². The number of rotatable bonds is 5. The molecule has 0 saturated heterocycles. The Morgan fingerprint density at radius 3 is 2.47 bits per heavy atom. The van der Waals surface area contributed by atoms with Crippen molar-refractivity contribution in [1.82, 2.24) is 5.48 Å². The number of hydrogen-bond donors (Lipinski definition) is 1. The number of nitrogens with one attached hydrogen (secondary N) is 1. The van der Waals surface area contributed by atoms with Crippen LogP contribution in [0.4, 0.5) is 0 Å². The standard InChI is InChI=1S/C14H14INO/c15-14-8-4-7-13(9-14)10-16-17-11-12-5-2-1-3-6-12/h1-9,16H,10-11H2. The fourth-order valence-corrected chi connectivity index (χ4v) is 2.10. The van der Waals surface area contributed by atoms with Crippen LogP contribution >= 0.6 is 22.6 Å². The first-order chi connectivity index (χ1) is 8.34. The van der Waals surface area contributed by atoms with E-state index in [0.29, 0.717) is 6.61 Å². The third-order valence-corrected chi connectivity index (χ3v) is 3.02. The summed E-state index contributed by atoms with van der Waals surface area (Å²) in [5, 5.41) is 0. The minimum Gasteiger partial charge on any atom is -0.297 e. The van der Waals surface area contributed by atoms with Gasteiger partial charge >= 0.3 is 0 Å². The van der Waals surface area contributed by atoms with Gasteiger partial charge in [0, 0.05) is 10.1 Å². The van der Waals surface area contributed by atoms with E-state index in [-0.39, 0.29) is 0 Å². The second-order valence-electron chi connectivity index (χ2n) is 3.73. The lowest BCUT2D eigenvalue weighted by Crippen LogP contribution is -2.13. The number of halogens is 1. The SMILES string of the molecule is Ic1cccc(CNOCc2ccccc2)c1. The quantitative estimate of drug-likeness (QED) is 0.511. The van der Waals surface area contributed by atoms with Gasteiger partial charge < -0.3 is 0 Å². The molecule has 0 aromatic heterocycles. The largest absolute Gasteiger partial charge is 0.297 e. The summed E-state index contributed by atoms with van der Waals surface area (Å²) in [6, 6.07) is 18.5. The highest BCUT2D eigenvalue weighted by Crippen LogP contribution is 2.07. The summed E-state index contributed by atoms with van der Waals surface area (Å²) < 4.78 is 1.24. The number of hydrogen-bond acceptors (Lipinski definition) is 2. The Labute approximate surface area is 115 Å². The van der Waals surface area contributed by atoms with Crippen LogP contribution in [0.3, 0.4) is 0 Å². The maximum Gasteiger partial charge on any atom is 0.0933 e. The van der Waals surface area contributed by atoms with Gasteiger partial charge in [0.25, 0.3) is 0 Å². The molecule has 2 aromatic rings. The Hall–Kier alpha value is -0.910. The van der Waals surface area contributed by atoms with E-state index in [1.165, 1.54) is 14.7 Å². The van der Waals surface area contributed by atoms with Crippen LogP contribution in [0.5, 0.6) is 0 Å². The molecule has 0 aliphatic heterocycles. The van der Waals surface area contributed by atoms with Gasteiger partial charge in [-0.05, 0) is 45.9 Å². The monoisotopic (exact) mass is 339 g/mol. The van der Waals surface area contributed by atoms with E-state index in [9.17, 15) is 0 Å². The highest BCUT2D eigenvalue weighted by atomic mass is 127. The molecule has 0 fully saturated rings. The summed E-state index contributed by atoms with van der Waals surface area (Å²) in [5.41, 5.74) is 5.37. The van der Waals surface area contributed by atoms with Crippen molar-refractivity contribution in [3.63, 3.8) is 0 Å². The predicted molar refractivity (Wildman–Crippen MR) is 77.2 cm³/mol. The molecule has 3 heteroatoms. The molecule has 0 aliphatic rings. The first-order valence-corrected chi connectivity index (χ1v) is 6.55. The third kappa shape index (κ3) is 4.46. The normalized spacial score (nSPS) is 10.4.